The molecule has 0 saturated carbocycles. The average molecular weight is 217 g/mol. The summed E-state index contributed by atoms with van der Waals surface area (Å²) in [5.41, 5.74) is 4.98. The van der Waals surface area contributed by atoms with Crippen LogP contribution in [0.15, 0.2) is 0 Å². The number of carbonyl (C=O) groups is 1. The van der Waals surface area contributed by atoms with E-state index in [1.54, 1.807) is 0 Å². The van der Waals surface area contributed by atoms with Gasteiger partial charge in [0.05, 0.1) is 19.3 Å². The molecular formula is C10H19NO4. The standard InChI is InChI=1S/C10H19NO4/c1-10(2,3)8-7(9(12)15-6-11)13-4-5-14-8/h7-8H,4-6,11H2,1-3H3. The predicted octanol–water partition coefficient (Wildman–Crippen LogP) is 0.276. The van der Waals surface area contributed by atoms with Gasteiger partial charge in [0.25, 0.3) is 0 Å². The third-order valence-corrected chi connectivity index (χ3v) is 2.26. The molecule has 0 aromatic carbocycles. The number of esters is 1. The number of hydrogen-bond acceptors (Lipinski definition) is 5. The zero-order chi connectivity index (χ0) is 11.5. The molecule has 15 heavy (non-hydrogen) atoms. The summed E-state index contributed by atoms with van der Waals surface area (Å²) in [6.45, 7) is 6.78. The van der Waals surface area contributed by atoms with Crippen LogP contribution in [0.2, 0.25) is 0 Å². The number of ether oxygens (including phenoxy) is 3. The highest BCUT2D eigenvalue weighted by atomic mass is 16.6. The molecule has 2 atom stereocenters. The van der Waals surface area contributed by atoms with Crippen LogP contribution in [0.25, 0.3) is 0 Å². The van der Waals surface area contributed by atoms with Crippen molar-refractivity contribution in [3.63, 3.8) is 0 Å². The molecule has 0 aliphatic carbocycles. The Kier molecular flexibility index (Phi) is 4.07. The molecule has 5 heteroatoms. The van der Waals surface area contributed by atoms with E-state index in [2.05, 4.69) is 0 Å². The molecule has 1 aliphatic heterocycles. The highest BCUT2D eigenvalue weighted by Crippen LogP contribution is 2.29. The summed E-state index contributed by atoms with van der Waals surface area (Å²) in [5.74, 6) is -0.447. The molecule has 1 aliphatic rings. The number of nitrogens with two attached hydrogens (primary N) is 1. The van der Waals surface area contributed by atoms with Gasteiger partial charge in [0.2, 0.25) is 0 Å². The smallest absolute Gasteiger partial charge is 0.339 e. The van der Waals surface area contributed by atoms with Gasteiger partial charge in [0, 0.05) is 0 Å². The second kappa shape index (κ2) is 4.92. The van der Waals surface area contributed by atoms with Crippen molar-refractivity contribution in [1.29, 1.82) is 0 Å². The molecule has 1 rings (SSSR count). The molecule has 0 radical (unpaired) electrons. The zero-order valence-corrected chi connectivity index (χ0v) is 9.49. The van der Waals surface area contributed by atoms with Gasteiger partial charge in [-0.1, -0.05) is 20.8 Å². The summed E-state index contributed by atoms with van der Waals surface area (Å²) in [6, 6.07) is 0. The number of hydrogen-bond donors (Lipinski definition) is 1. The minimum Gasteiger partial charge on any atom is -0.448 e. The van der Waals surface area contributed by atoms with Gasteiger partial charge in [-0.15, -0.1) is 0 Å². The number of rotatable bonds is 2. The lowest BCUT2D eigenvalue weighted by atomic mass is 9.85. The summed E-state index contributed by atoms with van der Waals surface area (Å²) >= 11 is 0. The Hall–Kier alpha value is -0.650. The van der Waals surface area contributed by atoms with Gasteiger partial charge in [0.1, 0.15) is 6.73 Å². The highest BCUT2D eigenvalue weighted by molar-refractivity contribution is 5.75. The van der Waals surface area contributed by atoms with Crippen molar-refractivity contribution in [2.45, 2.75) is 33.0 Å². The van der Waals surface area contributed by atoms with E-state index in [9.17, 15) is 4.79 Å². The van der Waals surface area contributed by atoms with Crippen LogP contribution in [0.3, 0.4) is 0 Å². The Labute approximate surface area is 89.9 Å². The predicted molar refractivity (Wildman–Crippen MR) is 54.1 cm³/mol. The van der Waals surface area contributed by atoms with E-state index < -0.39 is 12.1 Å². The molecule has 0 amide bonds. The third kappa shape index (κ3) is 3.15. The summed E-state index contributed by atoms with van der Waals surface area (Å²) in [4.78, 5) is 11.5. The molecule has 0 aromatic heterocycles. The largest absolute Gasteiger partial charge is 0.448 e. The monoisotopic (exact) mass is 217 g/mol. The fraction of sp³-hybridized carbons (Fsp3) is 0.900. The van der Waals surface area contributed by atoms with Crippen LogP contribution in [-0.4, -0.2) is 38.1 Å². The first-order valence-corrected chi connectivity index (χ1v) is 5.06. The van der Waals surface area contributed by atoms with Gasteiger partial charge in [-0.05, 0) is 5.41 Å². The minimum atomic E-state index is -0.665. The van der Waals surface area contributed by atoms with E-state index in [0.717, 1.165) is 0 Å². The maximum atomic E-state index is 11.5. The maximum absolute atomic E-state index is 11.5. The van der Waals surface area contributed by atoms with Gasteiger partial charge >= 0.3 is 5.97 Å². The molecule has 88 valence electrons. The van der Waals surface area contributed by atoms with Gasteiger partial charge < -0.3 is 14.2 Å². The second-order valence-electron chi connectivity index (χ2n) is 4.58. The summed E-state index contributed by atoms with van der Waals surface area (Å²) in [7, 11) is 0. The molecule has 2 N–H and O–H groups in total. The van der Waals surface area contributed by atoms with E-state index in [1.165, 1.54) is 0 Å². The highest BCUT2D eigenvalue weighted by Gasteiger charge is 2.41. The first-order valence-electron chi connectivity index (χ1n) is 5.06. The summed E-state index contributed by atoms with van der Waals surface area (Å²) < 4.78 is 15.7. The van der Waals surface area contributed by atoms with E-state index in [4.69, 9.17) is 19.9 Å². The minimum absolute atomic E-state index is 0.129. The van der Waals surface area contributed by atoms with Gasteiger partial charge in [0.15, 0.2) is 6.10 Å². The van der Waals surface area contributed by atoms with Crippen molar-refractivity contribution in [2.75, 3.05) is 19.9 Å². The summed E-state index contributed by atoms with van der Waals surface area (Å²) in [6.07, 6.45) is -0.951. The Bertz CT molecular complexity index is 224. The van der Waals surface area contributed by atoms with Crippen LogP contribution in [0.1, 0.15) is 20.8 Å². The van der Waals surface area contributed by atoms with E-state index in [1.807, 2.05) is 20.8 Å². The van der Waals surface area contributed by atoms with Crippen LogP contribution >= 0.6 is 0 Å². The second-order valence-corrected chi connectivity index (χ2v) is 4.58. The van der Waals surface area contributed by atoms with Crippen LogP contribution in [-0.2, 0) is 19.0 Å². The molecule has 1 saturated heterocycles. The van der Waals surface area contributed by atoms with Crippen molar-refractivity contribution in [3.8, 4) is 0 Å². The third-order valence-electron chi connectivity index (χ3n) is 2.26. The molecule has 5 nitrogen and oxygen atoms in total. The molecule has 0 aromatic rings. The van der Waals surface area contributed by atoms with Crippen LogP contribution < -0.4 is 5.73 Å². The molecule has 0 bridgehead atoms. The Morgan fingerprint density at radius 2 is 2.00 bits per heavy atom. The molecule has 2 unspecified atom stereocenters. The summed E-state index contributed by atoms with van der Waals surface area (Å²) in [5, 5.41) is 0. The van der Waals surface area contributed by atoms with Gasteiger partial charge in [-0.2, -0.15) is 0 Å². The van der Waals surface area contributed by atoms with Gasteiger partial charge in [-0.3, -0.25) is 5.73 Å². The van der Waals surface area contributed by atoms with E-state index in [-0.39, 0.29) is 18.2 Å². The number of carbonyl (C=O) groups excluding carboxylic acids is 1. The van der Waals surface area contributed by atoms with Crippen LogP contribution in [0, 0.1) is 5.41 Å². The van der Waals surface area contributed by atoms with Crippen molar-refractivity contribution >= 4 is 5.97 Å². The Morgan fingerprint density at radius 1 is 1.40 bits per heavy atom. The first kappa shape index (κ1) is 12.4. The van der Waals surface area contributed by atoms with Crippen molar-refractivity contribution in [1.82, 2.24) is 0 Å². The molecule has 1 fully saturated rings. The zero-order valence-electron chi connectivity index (χ0n) is 9.49. The topological polar surface area (TPSA) is 70.8 Å². The van der Waals surface area contributed by atoms with Crippen LogP contribution in [0.4, 0.5) is 0 Å². The lowest BCUT2D eigenvalue weighted by Gasteiger charge is -2.38. The quantitative estimate of drug-likeness (QED) is 0.531. The lowest BCUT2D eigenvalue weighted by Crippen LogP contribution is -2.51. The van der Waals surface area contributed by atoms with Crippen molar-refractivity contribution in [2.24, 2.45) is 11.1 Å². The van der Waals surface area contributed by atoms with Crippen molar-refractivity contribution in [3.05, 3.63) is 0 Å². The fourth-order valence-electron chi connectivity index (χ4n) is 1.58. The fourth-order valence-corrected chi connectivity index (χ4v) is 1.58. The SMILES string of the molecule is CC(C)(C)C1OCCOC1C(=O)OCN. The van der Waals surface area contributed by atoms with Gasteiger partial charge in [-0.25, -0.2) is 4.79 Å². The molecule has 0 spiro atoms. The Balaban J connectivity index is 2.70. The van der Waals surface area contributed by atoms with E-state index in [0.29, 0.717) is 13.2 Å². The molecule has 1 heterocycles. The average Bonchev–Trinajstić information content (AvgIpc) is 2.17. The molecular weight excluding hydrogens is 198 g/mol. The lowest BCUT2D eigenvalue weighted by molar-refractivity contribution is -0.200. The maximum Gasteiger partial charge on any atom is 0.339 e. The Morgan fingerprint density at radius 3 is 2.53 bits per heavy atom. The van der Waals surface area contributed by atoms with Crippen LogP contribution in [0.5, 0.6) is 0 Å². The van der Waals surface area contributed by atoms with E-state index >= 15 is 0 Å². The normalized spacial score (nSPS) is 27.5. The van der Waals surface area contributed by atoms with Crippen molar-refractivity contribution < 1.29 is 19.0 Å². The first-order chi connectivity index (χ1) is 6.96.